The number of nitrogens with one attached hydrogen (secondary N) is 2. The monoisotopic (exact) mass is 508 g/mol. The van der Waals surface area contributed by atoms with Crippen LogP contribution in [0.5, 0.6) is 0 Å². The average Bonchev–Trinajstić information content (AvgIpc) is 3.17. The van der Waals surface area contributed by atoms with Crippen molar-refractivity contribution in [1.29, 1.82) is 0 Å². The molecule has 2 N–H and O–H groups in total. The molecule has 0 saturated heterocycles. The molecule has 0 fully saturated rings. The summed E-state index contributed by atoms with van der Waals surface area (Å²) in [4.78, 5) is 18.7. The fourth-order valence-corrected chi connectivity index (χ4v) is 5.58. The molecular weight excluding hydrogens is 492 g/mol. The maximum atomic E-state index is 12.6. The van der Waals surface area contributed by atoms with E-state index in [9.17, 15) is 8.42 Å². The second-order valence-electron chi connectivity index (χ2n) is 7.27. The van der Waals surface area contributed by atoms with Crippen molar-refractivity contribution in [1.82, 2.24) is 19.9 Å². The van der Waals surface area contributed by atoms with Crippen LogP contribution in [0.15, 0.2) is 78.2 Å². The number of aryl methyl sites for hydroxylation is 1. The third-order valence-electron chi connectivity index (χ3n) is 5.02. The largest absolute Gasteiger partial charge is 0.340 e. The molecule has 0 atom stereocenters. The second kappa shape index (κ2) is 8.98. The van der Waals surface area contributed by atoms with Crippen LogP contribution in [0.2, 0.25) is 5.02 Å². The number of thiophene rings is 1. The van der Waals surface area contributed by atoms with Crippen LogP contribution in [0.3, 0.4) is 0 Å². The smallest absolute Gasteiger partial charge is 0.264 e. The SMILES string of the molecule is Cc1sc2ncnc(Nc3ccc(S(=O)(=O)Nc4ncccn4)cc3)c2c1-c1ccc(Cl)cc1. The van der Waals surface area contributed by atoms with Gasteiger partial charge in [-0.3, -0.25) is 0 Å². The Labute approximate surface area is 204 Å². The van der Waals surface area contributed by atoms with E-state index in [2.05, 4.69) is 30.0 Å². The summed E-state index contributed by atoms with van der Waals surface area (Å²) in [6.07, 6.45) is 4.43. The topological polar surface area (TPSA) is 110 Å². The zero-order chi connectivity index (χ0) is 23.7. The van der Waals surface area contributed by atoms with Crippen LogP contribution in [0, 0.1) is 6.92 Å². The fraction of sp³-hybridized carbons (Fsp3) is 0.0435. The summed E-state index contributed by atoms with van der Waals surface area (Å²) in [6, 6.07) is 15.6. The first-order valence-electron chi connectivity index (χ1n) is 10.1. The molecule has 3 heterocycles. The quantitative estimate of drug-likeness (QED) is 0.304. The van der Waals surface area contributed by atoms with Crippen LogP contribution in [0.25, 0.3) is 21.3 Å². The zero-order valence-electron chi connectivity index (χ0n) is 17.7. The number of benzene rings is 2. The number of hydrogen-bond acceptors (Lipinski definition) is 8. The first-order chi connectivity index (χ1) is 16.4. The Morgan fingerprint density at radius 1 is 0.912 bits per heavy atom. The van der Waals surface area contributed by atoms with Crippen LogP contribution in [-0.4, -0.2) is 28.4 Å². The van der Waals surface area contributed by atoms with E-state index in [1.165, 1.54) is 30.9 Å². The average molecular weight is 509 g/mol. The van der Waals surface area contributed by atoms with Crippen LogP contribution in [0.4, 0.5) is 17.5 Å². The molecule has 0 spiro atoms. The van der Waals surface area contributed by atoms with Crippen molar-refractivity contribution in [3.63, 3.8) is 0 Å². The van der Waals surface area contributed by atoms with Crippen molar-refractivity contribution in [2.24, 2.45) is 0 Å². The Balaban J connectivity index is 1.46. The van der Waals surface area contributed by atoms with Gasteiger partial charge in [-0.1, -0.05) is 23.7 Å². The number of anilines is 3. The lowest BCUT2D eigenvalue weighted by molar-refractivity contribution is 0.601. The molecule has 0 bridgehead atoms. The number of hydrogen-bond donors (Lipinski definition) is 2. The first-order valence-corrected chi connectivity index (χ1v) is 12.8. The molecule has 5 aromatic rings. The van der Waals surface area contributed by atoms with Gasteiger partial charge in [-0.25, -0.2) is 33.1 Å². The zero-order valence-corrected chi connectivity index (χ0v) is 20.1. The Morgan fingerprint density at radius 3 is 2.32 bits per heavy atom. The van der Waals surface area contributed by atoms with E-state index in [4.69, 9.17) is 11.6 Å². The minimum atomic E-state index is -3.82. The number of nitrogens with zero attached hydrogens (tertiary/aromatic N) is 4. The van der Waals surface area contributed by atoms with E-state index in [0.717, 1.165) is 26.2 Å². The maximum Gasteiger partial charge on any atom is 0.264 e. The molecule has 0 amide bonds. The Morgan fingerprint density at radius 2 is 1.62 bits per heavy atom. The minimum Gasteiger partial charge on any atom is -0.340 e. The molecule has 0 aliphatic heterocycles. The van der Waals surface area contributed by atoms with Crippen LogP contribution >= 0.6 is 22.9 Å². The first kappa shape index (κ1) is 22.2. The van der Waals surface area contributed by atoms with Gasteiger partial charge in [-0.2, -0.15) is 0 Å². The van der Waals surface area contributed by atoms with Gasteiger partial charge in [-0.15, -0.1) is 11.3 Å². The molecule has 0 aliphatic rings. The molecule has 170 valence electrons. The van der Waals surface area contributed by atoms with Crippen molar-refractivity contribution in [3.8, 4) is 11.1 Å². The molecule has 34 heavy (non-hydrogen) atoms. The molecule has 2 aromatic carbocycles. The summed E-state index contributed by atoms with van der Waals surface area (Å²) in [5.74, 6) is 0.640. The van der Waals surface area contributed by atoms with Gasteiger partial charge in [0, 0.05) is 33.5 Å². The van der Waals surface area contributed by atoms with E-state index >= 15 is 0 Å². The predicted molar refractivity (Wildman–Crippen MR) is 135 cm³/mol. The van der Waals surface area contributed by atoms with Gasteiger partial charge < -0.3 is 5.32 Å². The second-order valence-corrected chi connectivity index (χ2v) is 10.6. The van der Waals surface area contributed by atoms with E-state index in [-0.39, 0.29) is 10.8 Å². The van der Waals surface area contributed by atoms with Gasteiger partial charge in [0.05, 0.1) is 10.3 Å². The number of sulfonamides is 1. The van der Waals surface area contributed by atoms with Crippen molar-refractivity contribution in [3.05, 3.63) is 83.2 Å². The van der Waals surface area contributed by atoms with Crippen molar-refractivity contribution < 1.29 is 8.42 Å². The van der Waals surface area contributed by atoms with Crippen molar-refractivity contribution in [2.75, 3.05) is 10.0 Å². The molecule has 0 saturated carbocycles. The van der Waals surface area contributed by atoms with E-state index < -0.39 is 10.0 Å². The minimum absolute atomic E-state index is 0.00985. The van der Waals surface area contributed by atoms with Gasteiger partial charge in [0.25, 0.3) is 10.0 Å². The molecule has 8 nitrogen and oxygen atoms in total. The molecule has 5 rings (SSSR count). The lowest BCUT2D eigenvalue weighted by atomic mass is 10.0. The molecule has 0 aliphatic carbocycles. The highest BCUT2D eigenvalue weighted by Gasteiger charge is 2.18. The Bertz CT molecular complexity index is 1570. The van der Waals surface area contributed by atoms with Gasteiger partial charge in [0.2, 0.25) is 5.95 Å². The lowest BCUT2D eigenvalue weighted by Gasteiger charge is -2.10. The molecular formula is C23H17ClN6O2S2. The highest BCUT2D eigenvalue weighted by atomic mass is 35.5. The highest BCUT2D eigenvalue weighted by molar-refractivity contribution is 7.92. The summed E-state index contributed by atoms with van der Waals surface area (Å²) in [5.41, 5.74) is 2.73. The summed E-state index contributed by atoms with van der Waals surface area (Å²) in [5, 5.41) is 4.86. The van der Waals surface area contributed by atoms with Crippen molar-refractivity contribution in [2.45, 2.75) is 11.8 Å². The van der Waals surface area contributed by atoms with Crippen LogP contribution in [-0.2, 0) is 10.0 Å². The summed E-state index contributed by atoms with van der Waals surface area (Å²) >= 11 is 7.66. The van der Waals surface area contributed by atoms with Crippen molar-refractivity contribution >= 4 is 60.6 Å². The van der Waals surface area contributed by atoms with E-state index in [1.54, 1.807) is 29.5 Å². The number of fused-ring (bicyclic) bond motifs is 1. The molecule has 3 aromatic heterocycles. The Kier molecular flexibility index (Phi) is 5.86. The normalized spacial score (nSPS) is 11.5. The maximum absolute atomic E-state index is 12.6. The third kappa shape index (κ3) is 4.43. The van der Waals surface area contributed by atoms with Gasteiger partial charge in [0.1, 0.15) is 17.0 Å². The fourth-order valence-electron chi connectivity index (χ4n) is 3.49. The molecule has 0 radical (unpaired) electrons. The molecule has 0 unspecified atom stereocenters. The van der Waals surface area contributed by atoms with E-state index in [1.807, 2.05) is 31.2 Å². The number of aromatic nitrogens is 4. The summed E-state index contributed by atoms with van der Waals surface area (Å²) in [7, 11) is -3.82. The lowest BCUT2D eigenvalue weighted by Crippen LogP contribution is -2.14. The summed E-state index contributed by atoms with van der Waals surface area (Å²) in [6.45, 7) is 2.04. The molecule has 11 heteroatoms. The number of halogens is 1. The van der Waals surface area contributed by atoms with Gasteiger partial charge in [0.15, 0.2) is 0 Å². The highest BCUT2D eigenvalue weighted by Crippen LogP contribution is 2.41. The standard InChI is InChI=1S/C23H17ClN6O2S2/c1-14-19(15-3-5-16(24)6-4-15)20-21(27-13-28-22(20)33-14)29-17-7-9-18(10-8-17)34(31,32)30-23-25-11-2-12-26-23/h2-13H,1H3,(H,25,26,30)(H,27,28,29). The predicted octanol–water partition coefficient (Wildman–Crippen LogP) is 5.65. The summed E-state index contributed by atoms with van der Waals surface area (Å²) < 4.78 is 27.6. The van der Waals surface area contributed by atoms with Crippen LogP contribution in [0.1, 0.15) is 4.88 Å². The number of rotatable bonds is 6. The van der Waals surface area contributed by atoms with Gasteiger partial charge >= 0.3 is 0 Å². The third-order valence-corrected chi connectivity index (χ3v) is 7.63. The van der Waals surface area contributed by atoms with E-state index in [0.29, 0.717) is 16.5 Å². The Hall–Kier alpha value is -3.60. The van der Waals surface area contributed by atoms with Gasteiger partial charge in [-0.05, 0) is 55.0 Å². The van der Waals surface area contributed by atoms with Crippen LogP contribution < -0.4 is 10.0 Å².